The summed E-state index contributed by atoms with van der Waals surface area (Å²) in [4.78, 5) is 8.31. The minimum Gasteiger partial charge on any atom is -0.494 e. The van der Waals surface area contributed by atoms with E-state index < -0.39 is 11.7 Å². The lowest BCUT2D eigenvalue weighted by molar-refractivity contribution is -0.137. The number of halogens is 3. The summed E-state index contributed by atoms with van der Waals surface area (Å²) in [5.74, 6) is 1.23. The Labute approximate surface area is 136 Å². The zero-order valence-electron chi connectivity index (χ0n) is 13.1. The number of imidazole rings is 1. The van der Waals surface area contributed by atoms with Crippen LogP contribution in [0.1, 0.15) is 11.4 Å². The molecule has 0 bridgehead atoms. The predicted molar refractivity (Wildman–Crippen MR) is 83.8 cm³/mol. The van der Waals surface area contributed by atoms with Crippen LogP contribution in [0.2, 0.25) is 0 Å². The van der Waals surface area contributed by atoms with Gasteiger partial charge in [-0.1, -0.05) is 0 Å². The van der Waals surface area contributed by atoms with Crippen LogP contribution in [0.15, 0.2) is 36.7 Å². The van der Waals surface area contributed by atoms with Crippen LogP contribution < -0.4 is 10.1 Å². The molecular formula is C16H15F3N4O. The summed E-state index contributed by atoms with van der Waals surface area (Å²) in [6.45, 7) is 0.328. The Bertz CT molecular complexity index is 873. The number of hydrogen-bond acceptors (Lipinski definition) is 4. The summed E-state index contributed by atoms with van der Waals surface area (Å²) in [5, 5.41) is 3.13. The normalized spacial score (nSPS) is 11.7. The van der Waals surface area contributed by atoms with Crippen molar-refractivity contribution in [3.63, 3.8) is 0 Å². The zero-order chi connectivity index (χ0) is 17.3. The summed E-state index contributed by atoms with van der Waals surface area (Å²) < 4.78 is 45.4. The Morgan fingerprint density at radius 3 is 2.75 bits per heavy atom. The number of fused-ring (bicyclic) bond motifs is 1. The van der Waals surface area contributed by atoms with E-state index in [4.69, 9.17) is 4.74 Å². The molecular weight excluding hydrogens is 321 g/mol. The van der Waals surface area contributed by atoms with E-state index in [0.717, 1.165) is 12.1 Å². The number of ether oxygens (including phenoxy) is 1. The van der Waals surface area contributed by atoms with Crippen LogP contribution in [0.4, 0.5) is 18.9 Å². The van der Waals surface area contributed by atoms with E-state index in [0.29, 0.717) is 34.8 Å². The lowest BCUT2D eigenvalue weighted by Crippen LogP contribution is -2.07. The van der Waals surface area contributed by atoms with E-state index in [2.05, 4.69) is 15.3 Å². The van der Waals surface area contributed by atoms with Crippen molar-refractivity contribution < 1.29 is 17.9 Å². The van der Waals surface area contributed by atoms with Gasteiger partial charge in [0.15, 0.2) is 0 Å². The van der Waals surface area contributed by atoms with Gasteiger partial charge in [-0.25, -0.2) is 4.98 Å². The van der Waals surface area contributed by atoms with Crippen molar-refractivity contribution in [2.24, 2.45) is 7.05 Å². The highest BCUT2D eigenvalue weighted by Crippen LogP contribution is 2.31. The molecule has 0 aliphatic heterocycles. The first-order valence-corrected chi connectivity index (χ1v) is 7.14. The Kier molecular flexibility index (Phi) is 4.04. The Morgan fingerprint density at radius 2 is 2.04 bits per heavy atom. The molecule has 8 heteroatoms. The molecule has 2 heterocycles. The van der Waals surface area contributed by atoms with E-state index in [-0.39, 0.29) is 0 Å². The second-order valence-corrected chi connectivity index (χ2v) is 5.22. The van der Waals surface area contributed by atoms with Gasteiger partial charge < -0.3 is 14.6 Å². The maximum absolute atomic E-state index is 12.8. The van der Waals surface area contributed by atoms with Gasteiger partial charge in [0.1, 0.15) is 11.6 Å². The molecule has 0 atom stereocenters. The van der Waals surface area contributed by atoms with Crippen molar-refractivity contribution >= 4 is 16.7 Å². The molecule has 0 saturated heterocycles. The molecule has 126 valence electrons. The van der Waals surface area contributed by atoms with Crippen LogP contribution in [-0.2, 0) is 19.8 Å². The van der Waals surface area contributed by atoms with Crippen LogP contribution in [0.3, 0.4) is 0 Å². The molecule has 3 rings (SSSR count). The van der Waals surface area contributed by atoms with Crippen LogP contribution in [0.5, 0.6) is 5.75 Å². The Morgan fingerprint density at radius 1 is 1.25 bits per heavy atom. The number of nitrogens with one attached hydrogen (secondary N) is 1. The summed E-state index contributed by atoms with van der Waals surface area (Å²) in [6, 6.07) is 5.26. The maximum atomic E-state index is 12.8. The van der Waals surface area contributed by atoms with Crippen molar-refractivity contribution in [1.82, 2.24) is 14.5 Å². The maximum Gasteiger partial charge on any atom is 0.416 e. The van der Waals surface area contributed by atoms with Crippen molar-refractivity contribution in [3.05, 3.63) is 48.0 Å². The standard InChI is InChI=1S/C16H15F3N4O/c1-23-13-4-3-10(16(17,18)19)7-11(13)22-15(23)9-21-12-8-20-6-5-14(12)24-2/h3-8,21H,9H2,1-2H3. The fraction of sp³-hybridized carbons (Fsp3) is 0.250. The van der Waals surface area contributed by atoms with Crippen molar-refractivity contribution in [2.45, 2.75) is 12.7 Å². The minimum atomic E-state index is -4.38. The first-order valence-electron chi connectivity index (χ1n) is 7.14. The molecule has 0 saturated carbocycles. The van der Waals surface area contributed by atoms with Crippen LogP contribution in [-0.4, -0.2) is 21.6 Å². The topological polar surface area (TPSA) is 52.0 Å². The monoisotopic (exact) mass is 336 g/mol. The fourth-order valence-electron chi connectivity index (χ4n) is 2.45. The van der Waals surface area contributed by atoms with Crippen LogP contribution in [0, 0.1) is 0 Å². The van der Waals surface area contributed by atoms with Gasteiger partial charge in [-0.15, -0.1) is 0 Å². The second-order valence-electron chi connectivity index (χ2n) is 5.22. The van der Waals surface area contributed by atoms with Gasteiger partial charge >= 0.3 is 6.18 Å². The van der Waals surface area contributed by atoms with Gasteiger partial charge in [-0.2, -0.15) is 13.2 Å². The third-order valence-electron chi connectivity index (χ3n) is 3.74. The average molecular weight is 336 g/mol. The van der Waals surface area contributed by atoms with Gasteiger partial charge in [0, 0.05) is 19.3 Å². The second kappa shape index (κ2) is 6.03. The number of aryl methyl sites for hydroxylation is 1. The minimum absolute atomic E-state index is 0.308. The molecule has 0 unspecified atom stereocenters. The van der Waals surface area contributed by atoms with Crippen LogP contribution in [0.25, 0.3) is 11.0 Å². The number of pyridine rings is 1. The first kappa shape index (κ1) is 16.1. The number of rotatable bonds is 4. The Hall–Kier alpha value is -2.77. The molecule has 0 amide bonds. The first-order chi connectivity index (χ1) is 11.4. The number of benzene rings is 1. The molecule has 2 aromatic heterocycles. The van der Waals surface area contributed by atoms with Gasteiger partial charge in [-0.3, -0.25) is 4.98 Å². The average Bonchev–Trinajstić information content (AvgIpc) is 2.88. The van der Waals surface area contributed by atoms with Crippen molar-refractivity contribution in [3.8, 4) is 5.75 Å². The van der Waals surface area contributed by atoms with E-state index >= 15 is 0 Å². The zero-order valence-corrected chi connectivity index (χ0v) is 13.1. The number of anilines is 1. The smallest absolute Gasteiger partial charge is 0.416 e. The van der Waals surface area contributed by atoms with Gasteiger partial charge in [0.25, 0.3) is 0 Å². The quantitative estimate of drug-likeness (QED) is 0.791. The Balaban J connectivity index is 1.88. The fourth-order valence-corrected chi connectivity index (χ4v) is 2.45. The van der Waals surface area contributed by atoms with Gasteiger partial charge in [0.2, 0.25) is 0 Å². The molecule has 0 aliphatic carbocycles. The lowest BCUT2D eigenvalue weighted by Gasteiger charge is -2.10. The number of alkyl halides is 3. The SMILES string of the molecule is COc1ccncc1NCc1nc2cc(C(F)(F)F)ccc2n1C. The molecule has 0 fully saturated rings. The van der Waals surface area contributed by atoms with Gasteiger partial charge in [0.05, 0.1) is 42.1 Å². The largest absolute Gasteiger partial charge is 0.494 e. The molecule has 3 aromatic rings. The highest BCUT2D eigenvalue weighted by atomic mass is 19.4. The molecule has 24 heavy (non-hydrogen) atoms. The molecule has 1 aromatic carbocycles. The number of methoxy groups -OCH3 is 1. The van der Waals surface area contributed by atoms with E-state index in [9.17, 15) is 13.2 Å². The number of aromatic nitrogens is 3. The molecule has 0 radical (unpaired) electrons. The summed E-state index contributed by atoms with van der Waals surface area (Å²) in [6.07, 6.45) is -1.16. The summed E-state index contributed by atoms with van der Waals surface area (Å²) in [7, 11) is 3.31. The van der Waals surface area contributed by atoms with Gasteiger partial charge in [-0.05, 0) is 18.2 Å². The third kappa shape index (κ3) is 2.99. The van der Waals surface area contributed by atoms with Crippen LogP contribution >= 0.6 is 0 Å². The highest BCUT2D eigenvalue weighted by molar-refractivity contribution is 5.77. The van der Waals surface area contributed by atoms with E-state index in [1.54, 1.807) is 37.2 Å². The molecule has 5 nitrogen and oxygen atoms in total. The molecule has 1 N–H and O–H groups in total. The third-order valence-corrected chi connectivity index (χ3v) is 3.74. The lowest BCUT2D eigenvalue weighted by atomic mass is 10.2. The predicted octanol–water partition coefficient (Wildman–Crippen LogP) is 3.61. The molecule has 0 spiro atoms. The summed E-state index contributed by atoms with van der Waals surface area (Å²) in [5.41, 5.74) is 0.921. The van der Waals surface area contributed by atoms with E-state index in [1.807, 2.05) is 0 Å². The number of nitrogens with zero attached hydrogens (tertiary/aromatic N) is 3. The number of hydrogen-bond donors (Lipinski definition) is 1. The van der Waals surface area contributed by atoms with Crippen molar-refractivity contribution in [1.29, 1.82) is 0 Å². The summed E-state index contributed by atoms with van der Waals surface area (Å²) >= 11 is 0. The highest BCUT2D eigenvalue weighted by Gasteiger charge is 2.31. The van der Waals surface area contributed by atoms with Crippen molar-refractivity contribution in [2.75, 3.05) is 12.4 Å². The molecule has 0 aliphatic rings. The van der Waals surface area contributed by atoms with E-state index in [1.165, 1.54) is 6.07 Å².